The first-order valence-corrected chi connectivity index (χ1v) is 6.48. The average Bonchev–Trinajstić information content (AvgIpc) is 2.37. The maximum atomic E-state index is 13.7. The zero-order chi connectivity index (χ0) is 15.3. The molecule has 0 saturated carbocycles. The van der Waals surface area contributed by atoms with Gasteiger partial charge < -0.3 is 4.90 Å². The van der Waals surface area contributed by atoms with Crippen molar-refractivity contribution in [2.45, 2.75) is 27.2 Å². The summed E-state index contributed by atoms with van der Waals surface area (Å²) in [6.45, 7) is 6.01. The predicted molar refractivity (Wildman–Crippen MR) is 72.1 cm³/mol. The fourth-order valence-electron chi connectivity index (χ4n) is 1.89. The summed E-state index contributed by atoms with van der Waals surface area (Å²) in [7, 11) is 0. The van der Waals surface area contributed by atoms with Gasteiger partial charge in [0.25, 0.3) is 5.91 Å². The van der Waals surface area contributed by atoms with Crippen LogP contribution < -0.4 is 0 Å². The van der Waals surface area contributed by atoms with Gasteiger partial charge >= 0.3 is 0 Å². The lowest BCUT2D eigenvalue weighted by Crippen LogP contribution is -2.35. The quantitative estimate of drug-likeness (QED) is 0.830. The number of benzene rings is 1. The topological polar surface area (TPSA) is 44.1 Å². The van der Waals surface area contributed by atoms with Crippen molar-refractivity contribution < 1.29 is 13.6 Å². The summed E-state index contributed by atoms with van der Waals surface area (Å²) in [5, 5.41) is 8.63. The first-order chi connectivity index (χ1) is 9.36. The summed E-state index contributed by atoms with van der Waals surface area (Å²) in [6.07, 6.45) is 0.181. The Balaban J connectivity index is 3.05. The van der Waals surface area contributed by atoms with Crippen molar-refractivity contribution in [1.82, 2.24) is 4.90 Å². The minimum Gasteiger partial charge on any atom is -0.337 e. The Kier molecular flexibility index (Phi) is 5.63. The molecule has 0 aliphatic carbocycles. The Hall–Kier alpha value is -1.96. The second-order valence-corrected chi connectivity index (χ2v) is 5.13. The zero-order valence-corrected chi connectivity index (χ0v) is 11.9. The van der Waals surface area contributed by atoms with Crippen molar-refractivity contribution in [3.63, 3.8) is 0 Å². The SMILES string of the molecule is Cc1cc(C(=O)N(CCC#N)CC(C)C)c(F)cc1F. The predicted octanol–water partition coefficient (Wildman–Crippen LogP) is 3.29. The van der Waals surface area contributed by atoms with E-state index in [1.54, 1.807) is 0 Å². The van der Waals surface area contributed by atoms with Crippen LogP contribution in [0.15, 0.2) is 12.1 Å². The molecule has 3 nitrogen and oxygen atoms in total. The molecule has 0 saturated heterocycles. The van der Waals surface area contributed by atoms with Gasteiger partial charge in [-0.15, -0.1) is 0 Å². The van der Waals surface area contributed by atoms with Gasteiger partial charge in [-0.2, -0.15) is 5.26 Å². The lowest BCUT2D eigenvalue weighted by molar-refractivity contribution is 0.0735. The average molecular weight is 280 g/mol. The van der Waals surface area contributed by atoms with Crippen LogP contribution in [0, 0.1) is 35.8 Å². The maximum absolute atomic E-state index is 13.7. The molecule has 5 heteroatoms. The molecule has 1 aromatic carbocycles. The van der Waals surface area contributed by atoms with Crippen LogP contribution in [0.5, 0.6) is 0 Å². The summed E-state index contributed by atoms with van der Waals surface area (Å²) in [5.41, 5.74) is 0.0713. The van der Waals surface area contributed by atoms with Gasteiger partial charge in [0.1, 0.15) is 11.6 Å². The second-order valence-electron chi connectivity index (χ2n) is 5.13. The van der Waals surface area contributed by atoms with Gasteiger partial charge in [0.2, 0.25) is 0 Å². The van der Waals surface area contributed by atoms with Crippen LogP contribution in [0.3, 0.4) is 0 Å². The van der Waals surface area contributed by atoms with Gasteiger partial charge in [0.15, 0.2) is 0 Å². The van der Waals surface area contributed by atoms with Gasteiger partial charge in [0.05, 0.1) is 18.1 Å². The molecular weight excluding hydrogens is 262 g/mol. The van der Waals surface area contributed by atoms with Crippen molar-refractivity contribution in [1.29, 1.82) is 5.26 Å². The first-order valence-electron chi connectivity index (χ1n) is 6.48. The summed E-state index contributed by atoms with van der Waals surface area (Å²) >= 11 is 0. The summed E-state index contributed by atoms with van der Waals surface area (Å²) in [4.78, 5) is 13.8. The zero-order valence-electron chi connectivity index (χ0n) is 11.9. The van der Waals surface area contributed by atoms with E-state index in [4.69, 9.17) is 5.26 Å². The minimum absolute atomic E-state index is 0.150. The number of aryl methyl sites for hydroxylation is 1. The van der Waals surface area contributed by atoms with Crippen LogP contribution in [-0.2, 0) is 0 Å². The third-order valence-corrected chi connectivity index (χ3v) is 2.84. The highest BCUT2D eigenvalue weighted by Gasteiger charge is 2.21. The molecule has 0 heterocycles. The van der Waals surface area contributed by atoms with Gasteiger partial charge in [-0.1, -0.05) is 13.8 Å². The largest absolute Gasteiger partial charge is 0.337 e. The second kappa shape index (κ2) is 6.99. The molecule has 0 unspecified atom stereocenters. The van der Waals surface area contributed by atoms with E-state index in [-0.39, 0.29) is 30.0 Å². The smallest absolute Gasteiger partial charge is 0.256 e. The van der Waals surface area contributed by atoms with Crippen LogP contribution >= 0.6 is 0 Å². The van der Waals surface area contributed by atoms with Crippen LogP contribution in [0.1, 0.15) is 36.2 Å². The molecule has 108 valence electrons. The fourth-order valence-corrected chi connectivity index (χ4v) is 1.89. The molecule has 1 amide bonds. The molecule has 20 heavy (non-hydrogen) atoms. The van der Waals surface area contributed by atoms with E-state index in [9.17, 15) is 13.6 Å². The molecule has 0 aromatic heterocycles. The van der Waals surface area contributed by atoms with Gasteiger partial charge in [0, 0.05) is 19.2 Å². The standard InChI is InChI=1S/C15H18F2N2O/c1-10(2)9-19(6-4-5-18)15(20)12-7-11(3)13(16)8-14(12)17/h7-8,10H,4,6,9H2,1-3H3. The molecule has 0 N–H and O–H groups in total. The lowest BCUT2D eigenvalue weighted by atomic mass is 10.1. The molecule has 0 aliphatic heterocycles. The molecule has 0 radical (unpaired) electrons. The van der Waals surface area contributed by atoms with E-state index in [0.29, 0.717) is 6.54 Å². The van der Waals surface area contributed by atoms with Crippen LogP contribution in [-0.4, -0.2) is 23.9 Å². The molecule has 1 rings (SSSR count). The van der Waals surface area contributed by atoms with Gasteiger partial charge in [-0.05, 0) is 24.5 Å². The van der Waals surface area contributed by atoms with E-state index in [2.05, 4.69) is 0 Å². The highest BCUT2D eigenvalue weighted by molar-refractivity contribution is 5.94. The lowest BCUT2D eigenvalue weighted by Gasteiger charge is -2.24. The number of carbonyl (C=O) groups is 1. The molecule has 0 aliphatic rings. The van der Waals surface area contributed by atoms with Crippen LogP contribution in [0.25, 0.3) is 0 Å². The van der Waals surface area contributed by atoms with E-state index in [1.165, 1.54) is 17.9 Å². The van der Waals surface area contributed by atoms with Gasteiger partial charge in [-0.25, -0.2) is 8.78 Å². The number of rotatable bonds is 5. The molecule has 0 bridgehead atoms. The minimum atomic E-state index is -0.871. The molecule has 0 spiro atoms. The highest BCUT2D eigenvalue weighted by atomic mass is 19.1. The van der Waals surface area contributed by atoms with Gasteiger partial charge in [-0.3, -0.25) is 4.79 Å². The number of carbonyl (C=O) groups excluding carboxylic acids is 1. The summed E-state index contributed by atoms with van der Waals surface area (Å²) < 4.78 is 27.0. The van der Waals surface area contributed by atoms with Crippen LogP contribution in [0.2, 0.25) is 0 Å². The number of hydrogen-bond acceptors (Lipinski definition) is 2. The Labute approximate surface area is 117 Å². The van der Waals surface area contributed by atoms with Crippen molar-refractivity contribution >= 4 is 5.91 Å². The Morgan fingerprint density at radius 2 is 2.00 bits per heavy atom. The number of nitrogens with zero attached hydrogens (tertiary/aromatic N) is 2. The van der Waals surface area contributed by atoms with Crippen molar-refractivity contribution in [2.75, 3.05) is 13.1 Å². The Morgan fingerprint density at radius 1 is 1.35 bits per heavy atom. The highest BCUT2D eigenvalue weighted by Crippen LogP contribution is 2.17. The van der Waals surface area contributed by atoms with E-state index < -0.39 is 17.5 Å². The summed E-state index contributed by atoms with van der Waals surface area (Å²) in [6, 6.07) is 3.90. The maximum Gasteiger partial charge on any atom is 0.256 e. The normalized spacial score (nSPS) is 10.4. The number of halogens is 2. The molecule has 0 atom stereocenters. The van der Waals surface area contributed by atoms with E-state index >= 15 is 0 Å². The van der Waals surface area contributed by atoms with Crippen LogP contribution in [0.4, 0.5) is 8.78 Å². The van der Waals surface area contributed by atoms with Crippen molar-refractivity contribution in [3.8, 4) is 6.07 Å². The number of hydrogen-bond donors (Lipinski definition) is 0. The number of amides is 1. The van der Waals surface area contributed by atoms with E-state index in [1.807, 2.05) is 19.9 Å². The fraction of sp³-hybridized carbons (Fsp3) is 0.467. The number of nitriles is 1. The van der Waals surface area contributed by atoms with Crippen molar-refractivity contribution in [3.05, 3.63) is 34.9 Å². The summed E-state index contributed by atoms with van der Waals surface area (Å²) in [5.74, 6) is -1.85. The third kappa shape index (κ3) is 4.02. The Morgan fingerprint density at radius 3 is 2.55 bits per heavy atom. The molecule has 1 aromatic rings. The molecule has 0 fully saturated rings. The first kappa shape index (κ1) is 16.1. The van der Waals surface area contributed by atoms with Crippen molar-refractivity contribution in [2.24, 2.45) is 5.92 Å². The Bertz CT molecular complexity index is 535. The third-order valence-electron chi connectivity index (χ3n) is 2.84. The van der Waals surface area contributed by atoms with E-state index in [0.717, 1.165) is 6.07 Å². The monoisotopic (exact) mass is 280 g/mol. The molecular formula is C15H18F2N2O.